The first-order valence-corrected chi connectivity index (χ1v) is 9.95. The Morgan fingerprint density at radius 1 is 1.32 bits per heavy atom. The lowest BCUT2D eigenvalue weighted by molar-refractivity contribution is 0.0532. The van der Waals surface area contributed by atoms with Crippen LogP contribution in [0.1, 0.15) is 54.7 Å². The highest BCUT2D eigenvalue weighted by Crippen LogP contribution is 2.25. The second kappa shape index (κ2) is 9.36. The molecule has 3 rings (SSSR count). The SMILES string of the molecule is O=C(NC(O)C1CCCCCC1)c1cc(-n2nc(CCO)[nH]c2=O)ccc1Cl. The van der Waals surface area contributed by atoms with Gasteiger partial charge in [0, 0.05) is 12.3 Å². The van der Waals surface area contributed by atoms with Gasteiger partial charge in [0.15, 0.2) is 0 Å². The lowest BCUT2D eigenvalue weighted by atomic mass is 9.98. The first-order chi connectivity index (χ1) is 13.5. The maximum absolute atomic E-state index is 12.7. The Morgan fingerprint density at radius 3 is 2.71 bits per heavy atom. The zero-order valence-corrected chi connectivity index (χ0v) is 16.3. The molecule has 1 unspecified atom stereocenters. The second-order valence-electron chi connectivity index (χ2n) is 7.10. The maximum atomic E-state index is 12.7. The Kier molecular flexibility index (Phi) is 6.88. The molecule has 1 aromatic heterocycles. The molecular weight excluding hydrogens is 384 g/mol. The van der Waals surface area contributed by atoms with Crippen molar-refractivity contribution in [3.8, 4) is 5.69 Å². The molecule has 1 heterocycles. The van der Waals surface area contributed by atoms with E-state index in [0.29, 0.717) is 11.5 Å². The predicted octanol–water partition coefficient (Wildman–Crippen LogP) is 1.77. The van der Waals surface area contributed by atoms with Gasteiger partial charge in [-0.05, 0) is 31.0 Å². The second-order valence-corrected chi connectivity index (χ2v) is 7.50. The number of hydrogen-bond donors (Lipinski definition) is 4. The molecule has 1 aromatic carbocycles. The smallest absolute Gasteiger partial charge is 0.348 e. The van der Waals surface area contributed by atoms with Crippen LogP contribution in [-0.2, 0) is 6.42 Å². The number of benzene rings is 1. The number of aliphatic hydroxyl groups excluding tert-OH is 2. The average molecular weight is 409 g/mol. The van der Waals surface area contributed by atoms with Crippen LogP contribution in [0, 0.1) is 5.92 Å². The highest BCUT2D eigenvalue weighted by molar-refractivity contribution is 6.33. The molecule has 8 nitrogen and oxygen atoms in total. The standard InChI is InChI=1S/C19H25ClN4O4/c20-15-8-7-13(24-19(28)21-16(23-24)9-10-25)11-14(15)18(27)22-17(26)12-5-3-1-2-4-6-12/h7-8,11-12,17,25-26H,1-6,9-10H2,(H,22,27)(H,21,23,28). The summed E-state index contributed by atoms with van der Waals surface area (Å²) >= 11 is 6.18. The molecule has 0 bridgehead atoms. The molecule has 9 heteroatoms. The fraction of sp³-hybridized carbons (Fsp3) is 0.526. The fourth-order valence-corrected chi connectivity index (χ4v) is 3.74. The van der Waals surface area contributed by atoms with Crippen LogP contribution in [-0.4, -0.2) is 43.7 Å². The van der Waals surface area contributed by atoms with Gasteiger partial charge >= 0.3 is 5.69 Å². The third-order valence-electron chi connectivity index (χ3n) is 5.08. The minimum atomic E-state index is -0.936. The van der Waals surface area contributed by atoms with Crippen LogP contribution < -0.4 is 11.0 Å². The van der Waals surface area contributed by atoms with Crippen LogP contribution in [0.3, 0.4) is 0 Å². The van der Waals surface area contributed by atoms with E-state index in [4.69, 9.17) is 16.7 Å². The van der Waals surface area contributed by atoms with Gasteiger partial charge < -0.3 is 15.5 Å². The van der Waals surface area contributed by atoms with Crippen LogP contribution in [0.4, 0.5) is 0 Å². The van der Waals surface area contributed by atoms with Gasteiger partial charge in [0.2, 0.25) is 0 Å². The van der Waals surface area contributed by atoms with E-state index in [1.54, 1.807) is 6.07 Å². The number of aromatic nitrogens is 3. The summed E-state index contributed by atoms with van der Waals surface area (Å²) in [7, 11) is 0. The van der Waals surface area contributed by atoms with Crippen molar-refractivity contribution in [3.05, 3.63) is 45.1 Å². The zero-order valence-electron chi connectivity index (χ0n) is 15.5. The largest absolute Gasteiger partial charge is 0.396 e. The molecule has 0 aliphatic heterocycles. The highest BCUT2D eigenvalue weighted by Gasteiger charge is 2.24. The number of hydrogen-bond acceptors (Lipinski definition) is 5. The molecule has 1 atom stereocenters. The summed E-state index contributed by atoms with van der Waals surface area (Å²) in [5.74, 6) is -0.122. The van der Waals surface area contributed by atoms with Crippen molar-refractivity contribution in [1.82, 2.24) is 20.1 Å². The summed E-state index contributed by atoms with van der Waals surface area (Å²) in [5, 5.41) is 26.4. The van der Waals surface area contributed by atoms with Gasteiger partial charge in [-0.1, -0.05) is 37.3 Å². The van der Waals surface area contributed by atoms with Crippen molar-refractivity contribution in [3.63, 3.8) is 0 Å². The number of halogens is 1. The number of nitrogens with one attached hydrogen (secondary N) is 2. The van der Waals surface area contributed by atoms with Crippen LogP contribution in [0.2, 0.25) is 5.02 Å². The van der Waals surface area contributed by atoms with Gasteiger partial charge in [-0.3, -0.25) is 9.78 Å². The quantitative estimate of drug-likeness (QED) is 0.429. The van der Waals surface area contributed by atoms with E-state index in [9.17, 15) is 14.7 Å². The normalized spacial score (nSPS) is 16.5. The molecule has 0 spiro atoms. The van der Waals surface area contributed by atoms with Gasteiger partial charge in [-0.15, -0.1) is 0 Å². The first-order valence-electron chi connectivity index (χ1n) is 9.57. The number of carbonyl (C=O) groups is 1. The summed E-state index contributed by atoms with van der Waals surface area (Å²) in [4.78, 5) is 27.3. The molecule has 4 N–H and O–H groups in total. The molecule has 1 saturated carbocycles. The summed E-state index contributed by atoms with van der Waals surface area (Å²) in [6, 6.07) is 4.55. The maximum Gasteiger partial charge on any atom is 0.348 e. The Morgan fingerprint density at radius 2 is 2.04 bits per heavy atom. The van der Waals surface area contributed by atoms with Gasteiger partial charge in [0.25, 0.3) is 5.91 Å². The van der Waals surface area contributed by atoms with Crippen molar-refractivity contribution in [2.75, 3.05) is 6.61 Å². The van der Waals surface area contributed by atoms with E-state index in [1.807, 2.05) is 0 Å². The number of aromatic amines is 1. The topological polar surface area (TPSA) is 120 Å². The number of aliphatic hydroxyl groups is 2. The van der Waals surface area contributed by atoms with Gasteiger partial charge in [-0.25, -0.2) is 4.79 Å². The minimum Gasteiger partial charge on any atom is -0.396 e. The average Bonchev–Trinajstić information content (AvgIpc) is 2.86. The third kappa shape index (κ3) is 4.81. The zero-order chi connectivity index (χ0) is 20.1. The molecule has 0 saturated heterocycles. The number of carbonyl (C=O) groups excluding carboxylic acids is 1. The first kappa shape index (κ1) is 20.6. The molecule has 1 amide bonds. The van der Waals surface area contributed by atoms with E-state index >= 15 is 0 Å². The van der Waals surface area contributed by atoms with Crippen LogP contribution in [0.25, 0.3) is 5.69 Å². The molecule has 1 fully saturated rings. The van der Waals surface area contributed by atoms with Crippen LogP contribution in [0.5, 0.6) is 0 Å². The fourth-order valence-electron chi connectivity index (χ4n) is 3.54. The minimum absolute atomic E-state index is 0.0309. The van der Waals surface area contributed by atoms with Crippen molar-refractivity contribution >= 4 is 17.5 Å². The van der Waals surface area contributed by atoms with Gasteiger partial charge in [0.1, 0.15) is 12.1 Å². The van der Waals surface area contributed by atoms with E-state index in [0.717, 1.165) is 43.2 Å². The van der Waals surface area contributed by atoms with Crippen molar-refractivity contribution < 1.29 is 15.0 Å². The summed E-state index contributed by atoms with van der Waals surface area (Å²) in [6.45, 7) is -0.139. The molecular formula is C19H25ClN4O4. The van der Waals surface area contributed by atoms with E-state index in [2.05, 4.69) is 15.4 Å². The molecule has 0 radical (unpaired) electrons. The Hall–Kier alpha value is -2.16. The van der Waals surface area contributed by atoms with E-state index < -0.39 is 17.8 Å². The highest BCUT2D eigenvalue weighted by atomic mass is 35.5. The predicted molar refractivity (Wildman–Crippen MR) is 105 cm³/mol. The summed E-state index contributed by atoms with van der Waals surface area (Å²) in [6.07, 6.45) is 5.45. The third-order valence-corrected chi connectivity index (χ3v) is 5.41. The number of rotatable bonds is 6. The number of amides is 1. The molecule has 1 aliphatic carbocycles. The lowest BCUT2D eigenvalue weighted by Crippen LogP contribution is -2.40. The van der Waals surface area contributed by atoms with Crippen molar-refractivity contribution in [2.45, 2.75) is 51.2 Å². The van der Waals surface area contributed by atoms with Crippen molar-refractivity contribution in [1.29, 1.82) is 0 Å². The Bertz CT molecular complexity index is 871. The Balaban J connectivity index is 1.79. The number of nitrogens with zero attached hydrogens (tertiary/aromatic N) is 2. The molecule has 152 valence electrons. The Labute approximate surface area is 167 Å². The molecule has 28 heavy (non-hydrogen) atoms. The van der Waals surface area contributed by atoms with Gasteiger partial charge in [-0.2, -0.15) is 9.78 Å². The van der Waals surface area contributed by atoms with E-state index in [1.165, 1.54) is 12.1 Å². The summed E-state index contributed by atoms with van der Waals surface area (Å²) < 4.78 is 1.11. The lowest BCUT2D eigenvalue weighted by Gasteiger charge is -2.22. The van der Waals surface area contributed by atoms with Crippen LogP contribution in [0.15, 0.2) is 23.0 Å². The van der Waals surface area contributed by atoms with Gasteiger partial charge in [0.05, 0.1) is 22.9 Å². The van der Waals surface area contributed by atoms with Crippen molar-refractivity contribution in [2.24, 2.45) is 5.92 Å². The summed E-state index contributed by atoms with van der Waals surface area (Å²) in [5.41, 5.74) is 0.0463. The molecule has 2 aromatic rings. The molecule has 1 aliphatic rings. The van der Waals surface area contributed by atoms with E-state index in [-0.39, 0.29) is 29.5 Å². The monoisotopic (exact) mass is 408 g/mol. The number of H-pyrrole nitrogens is 1. The van der Waals surface area contributed by atoms with Crippen LogP contribution >= 0.6 is 11.6 Å².